The average Bonchev–Trinajstić information content (AvgIpc) is 2.58. The van der Waals surface area contributed by atoms with Crippen LogP contribution >= 0.6 is 23.4 Å². The Morgan fingerprint density at radius 3 is 2.27 bits per heavy atom. The van der Waals surface area contributed by atoms with Gasteiger partial charge in [-0.15, -0.1) is 11.8 Å². The molecule has 0 atom stereocenters. The molecule has 0 bridgehead atoms. The van der Waals surface area contributed by atoms with Crippen LogP contribution in [-0.4, -0.2) is 28.6 Å². The van der Waals surface area contributed by atoms with E-state index in [0.29, 0.717) is 16.4 Å². The molecule has 0 aromatic heterocycles. The van der Waals surface area contributed by atoms with Gasteiger partial charge in [0.1, 0.15) is 0 Å². The van der Waals surface area contributed by atoms with Gasteiger partial charge in [0.2, 0.25) is 11.8 Å². The Balaban J connectivity index is 1.85. The predicted octanol–water partition coefficient (Wildman–Crippen LogP) is 3.87. The molecule has 0 aliphatic carbocycles. The van der Waals surface area contributed by atoms with Crippen molar-refractivity contribution in [3.8, 4) is 0 Å². The molecule has 0 heterocycles. The second-order valence-electron chi connectivity index (χ2n) is 5.32. The van der Waals surface area contributed by atoms with Gasteiger partial charge in [-0.1, -0.05) is 23.7 Å². The van der Waals surface area contributed by atoms with Gasteiger partial charge in [-0.2, -0.15) is 0 Å². The van der Waals surface area contributed by atoms with Crippen molar-refractivity contribution in [3.63, 3.8) is 0 Å². The van der Waals surface area contributed by atoms with Crippen molar-refractivity contribution in [1.29, 1.82) is 0 Å². The molecule has 0 unspecified atom stereocenters. The summed E-state index contributed by atoms with van der Waals surface area (Å²) in [6.07, 6.45) is -0.307. The maximum atomic E-state index is 12.0. The zero-order valence-electron chi connectivity index (χ0n) is 13.7. The fourth-order valence-corrected chi connectivity index (χ4v) is 2.97. The lowest BCUT2D eigenvalue weighted by Crippen LogP contribution is -2.14. The molecule has 0 aliphatic rings. The van der Waals surface area contributed by atoms with E-state index in [1.54, 1.807) is 42.5 Å². The smallest absolute Gasteiger partial charge is 0.303 e. The van der Waals surface area contributed by atoms with Crippen LogP contribution in [0.2, 0.25) is 5.02 Å². The number of benzene rings is 2. The first kappa shape index (κ1) is 19.8. The molecular weight excluding hydrogens is 376 g/mol. The van der Waals surface area contributed by atoms with Gasteiger partial charge < -0.3 is 15.7 Å². The summed E-state index contributed by atoms with van der Waals surface area (Å²) in [5, 5.41) is 14.5. The molecule has 3 N–H and O–H groups in total. The number of thioether (sulfide) groups is 1. The summed E-state index contributed by atoms with van der Waals surface area (Å²) >= 11 is 7.20. The first-order chi connectivity index (χ1) is 12.4. The molecule has 136 valence electrons. The van der Waals surface area contributed by atoms with Crippen LogP contribution in [0.1, 0.15) is 12.8 Å². The molecule has 8 heteroatoms. The van der Waals surface area contributed by atoms with E-state index in [-0.39, 0.29) is 30.4 Å². The Hall–Kier alpha value is -2.51. The Bertz CT molecular complexity index is 813. The van der Waals surface area contributed by atoms with Gasteiger partial charge in [0.15, 0.2) is 0 Å². The van der Waals surface area contributed by atoms with E-state index in [2.05, 4.69) is 10.6 Å². The van der Waals surface area contributed by atoms with E-state index < -0.39 is 5.97 Å². The number of carboxylic acids is 1. The number of carbonyl (C=O) groups is 3. The molecule has 0 spiro atoms. The van der Waals surface area contributed by atoms with Gasteiger partial charge in [0, 0.05) is 27.7 Å². The first-order valence-corrected chi connectivity index (χ1v) is 9.08. The normalized spacial score (nSPS) is 10.2. The minimum Gasteiger partial charge on any atom is -0.481 e. The standard InChI is InChI=1S/C18H17ClN2O4S/c19-12-3-1-4-13(9-12)21-17(23)11-26-15-6-2-5-14(10-15)20-16(22)7-8-18(24)25/h1-6,9-10H,7-8,11H2,(H,20,22)(H,21,23)(H,24,25). The van der Waals surface area contributed by atoms with Gasteiger partial charge in [-0.3, -0.25) is 14.4 Å². The maximum Gasteiger partial charge on any atom is 0.303 e. The maximum absolute atomic E-state index is 12.0. The van der Waals surface area contributed by atoms with Crippen molar-refractivity contribution < 1.29 is 19.5 Å². The number of carbonyl (C=O) groups excluding carboxylic acids is 2. The largest absolute Gasteiger partial charge is 0.481 e. The molecular formula is C18H17ClN2O4S. The van der Waals surface area contributed by atoms with E-state index in [4.69, 9.17) is 16.7 Å². The monoisotopic (exact) mass is 392 g/mol. The Labute approximate surface area is 159 Å². The third kappa shape index (κ3) is 7.16. The zero-order valence-corrected chi connectivity index (χ0v) is 15.3. The highest BCUT2D eigenvalue weighted by molar-refractivity contribution is 8.00. The van der Waals surface area contributed by atoms with Crippen LogP contribution < -0.4 is 10.6 Å². The minimum absolute atomic E-state index is 0.0885. The summed E-state index contributed by atoms with van der Waals surface area (Å²) in [5.74, 6) is -1.36. The summed E-state index contributed by atoms with van der Waals surface area (Å²) in [5.41, 5.74) is 1.18. The topological polar surface area (TPSA) is 95.5 Å². The lowest BCUT2D eigenvalue weighted by Gasteiger charge is -2.08. The highest BCUT2D eigenvalue weighted by Crippen LogP contribution is 2.22. The summed E-state index contributed by atoms with van der Waals surface area (Å²) < 4.78 is 0. The van der Waals surface area contributed by atoms with Gasteiger partial charge in [-0.05, 0) is 36.4 Å². The lowest BCUT2D eigenvalue weighted by molar-refractivity contribution is -0.138. The molecule has 2 aromatic carbocycles. The summed E-state index contributed by atoms with van der Waals surface area (Å²) in [7, 11) is 0. The third-order valence-corrected chi connectivity index (χ3v) is 4.39. The number of anilines is 2. The average molecular weight is 393 g/mol. The van der Waals surface area contributed by atoms with E-state index >= 15 is 0 Å². The molecule has 6 nitrogen and oxygen atoms in total. The molecule has 2 aromatic rings. The van der Waals surface area contributed by atoms with Crippen molar-refractivity contribution in [3.05, 3.63) is 53.6 Å². The molecule has 0 radical (unpaired) electrons. The Kier molecular flexibility index (Phi) is 7.50. The molecule has 26 heavy (non-hydrogen) atoms. The van der Waals surface area contributed by atoms with Crippen LogP contribution in [0.25, 0.3) is 0 Å². The fourth-order valence-electron chi connectivity index (χ4n) is 2.02. The molecule has 0 saturated heterocycles. The molecule has 0 fully saturated rings. The number of rotatable bonds is 8. The molecule has 0 aliphatic heterocycles. The van der Waals surface area contributed by atoms with Crippen LogP contribution in [0.5, 0.6) is 0 Å². The number of carboxylic acid groups (broad SMARTS) is 1. The van der Waals surface area contributed by atoms with Crippen LogP contribution in [0.15, 0.2) is 53.4 Å². The van der Waals surface area contributed by atoms with E-state index in [0.717, 1.165) is 4.90 Å². The minimum atomic E-state index is -1.02. The lowest BCUT2D eigenvalue weighted by atomic mass is 10.2. The quantitative estimate of drug-likeness (QED) is 0.592. The van der Waals surface area contributed by atoms with Crippen molar-refractivity contribution in [2.45, 2.75) is 17.7 Å². The van der Waals surface area contributed by atoms with Crippen LogP contribution in [0, 0.1) is 0 Å². The van der Waals surface area contributed by atoms with Gasteiger partial charge in [-0.25, -0.2) is 0 Å². The second-order valence-corrected chi connectivity index (χ2v) is 6.80. The van der Waals surface area contributed by atoms with Crippen LogP contribution in [0.3, 0.4) is 0 Å². The second kappa shape index (κ2) is 9.84. The predicted molar refractivity (Wildman–Crippen MR) is 103 cm³/mol. The highest BCUT2D eigenvalue weighted by Gasteiger charge is 2.08. The van der Waals surface area contributed by atoms with Gasteiger partial charge >= 0.3 is 5.97 Å². The van der Waals surface area contributed by atoms with E-state index in [1.165, 1.54) is 11.8 Å². The summed E-state index contributed by atoms with van der Waals surface area (Å²) in [6, 6.07) is 13.9. The highest BCUT2D eigenvalue weighted by atomic mass is 35.5. The Morgan fingerprint density at radius 2 is 1.58 bits per heavy atom. The van der Waals surface area contributed by atoms with Gasteiger partial charge in [0.25, 0.3) is 0 Å². The molecule has 2 rings (SSSR count). The van der Waals surface area contributed by atoms with Crippen molar-refractivity contribution in [1.82, 2.24) is 0 Å². The number of nitrogens with one attached hydrogen (secondary N) is 2. The first-order valence-electron chi connectivity index (χ1n) is 7.72. The van der Waals surface area contributed by atoms with Crippen molar-refractivity contribution in [2.24, 2.45) is 0 Å². The van der Waals surface area contributed by atoms with Crippen molar-refractivity contribution >= 4 is 52.5 Å². The summed E-state index contributed by atoms with van der Waals surface area (Å²) in [6.45, 7) is 0. The van der Waals surface area contributed by atoms with Crippen molar-refractivity contribution in [2.75, 3.05) is 16.4 Å². The zero-order chi connectivity index (χ0) is 18.9. The van der Waals surface area contributed by atoms with Crippen LogP contribution in [0.4, 0.5) is 11.4 Å². The number of halogens is 1. The number of aliphatic carboxylic acids is 1. The number of hydrogen-bond acceptors (Lipinski definition) is 4. The number of hydrogen-bond donors (Lipinski definition) is 3. The SMILES string of the molecule is O=C(O)CCC(=O)Nc1cccc(SCC(=O)Nc2cccc(Cl)c2)c1. The Morgan fingerprint density at radius 1 is 0.923 bits per heavy atom. The molecule has 0 saturated carbocycles. The van der Waals surface area contributed by atoms with Crippen LogP contribution in [-0.2, 0) is 14.4 Å². The number of amides is 2. The van der Waals surface area contributed by atoms with E-state index in [9.17, 15) is 14.4 Å². The fraction of sp³-hybridized carbons (Fsp3) is 0.167. The summed E-state index contributed by atoms with van der Waals surface area (Å²) in [4.78, 5) is 35.0. The van der Waals surface area contributed by atoms with Gasteiger partial charge in [0.05, 0.1) is 12.2 Å². The molecule has 2 amide bonds. The third-order valence-electron chi connectivity index (χ3n) is 3.16. The van der Waals surface area contributed by atoms with E-state index in [1.807, 2.05) is 6.07 Å².